The molecule has 1 aromatic heterocycles. The van der Waals surface area contributed by atoms with Crippen molar-refractivity contribution in [2.75, 3.05) is 0 Å². The van der Waals surface area contributed by atoms with Gasteiger partial charge in [0.1, 0.15) is 5.82 Å². The van der Waals surface area contributed by atoms with E-state index in [9.17, 15) is 5.11 Å². The number of allylic oxidation sites excluding steroid dienone is 2. The van der Waals surface area contributed by atoms with Crippen molar-refractivity contribution in [2.45, 2.75) is 38.7 Å². The molecule has 0 saturated heterocycles. The van der Waals surface area contributed by atoms with Crippen LogP contribution in [0.4, 0.5) is 0 Å². The second-order valence-corrected chi connectivity index (χ2v) is 5.28. The predicted molar refractivity (Wildman–Crippen MR) is 88.0 cm³/mol. The molecule has 1 heterocycles. The van der Waals surface area contributed by atoms with E-state index in [0.717, 1.165) is 41.6 Å². The highest BCUT2D eigenvalue weighted by Crippen LogP contribution is 2.15. The van der Waals surface area contributed by atoms with Gasteiger partial charge in [0.15, 0.2) is 0 Å². The number of aliphatic hydroxyl groups excluding tert-OH is 1. The van der Waals surface area contributed by atoms with Gasteiger partial charge in [-0.05, 0) is 43.9 Å². The number of fused-ring (bicyclic) bond motifs is 1. The minimum absolute atomic E-state index is 0.207. The van der Waals surface area contributed by atoms with Crippen molar-refractivity contribution < 1.29 is 5.11 Å². The first-order chi connectivity index (χ1) is 10.2. The van der Waals surface area contributed by atoms with Crippen LogP contribution in [-0.2, 0) is 6.42 Å². The van der Waals surface area contributed by atoms with Gasteiger partial charge in [0.25, 0.3) is 0 Å². The largest absolute Gasteiger partial charge is 0.393 e. The summed E-state index contributed by atoms with van der Waals surface area (Å²) in [6.45, 7) is 5.53. The molecule has 1 aromatic carbocycles. The molecule has 0 fully saturated rings. The van der Waals surface area contributed by atoms with Gasteiger partial charge in [-0.2, -0.15) is 0 Å². The zero-order chi connectivity index (χ0) is 15.1. The zero-order valence-electron chi connectivity index (χ0n) is 12.5. The van der Waals surface area contributed by atoms with Crippen molar-refractivity contribution in [1.82, 2.24) is 9.97 Å². The van der Waals surface area contributed by atoms with E-state index >= 15 is 0 Å². The first-order valence-corrected chi connectivity index (χ1v) is 7.40. The molecule has 0 aliphatic carbocycles. The molecule has 0 saturated carbocycles. The van der Waals surface area contributed by atoms with Gasteiger partial charge in [-0.25, -0.2) is 9.97 Å². The molecule has 0 amide bonds. The fourth-order valence-electron chi connectivity index (χ4n) is 2.17. The van der Waals surface area contributed by atoms with Crippen molar-refractivity contribution in [3.63, 3.8) is 0 Å². The lowest BCUT2D eigenvalue weighted by Crippen LogP contribution is -1.97. The molecular formula is C18H22N2O. The standard InChI is InChI=1S/C18H22N2O/c1-3-7-18-19-13-16-12-15(10-11-17(16)20-18)9-6-4-5-8-14(2)21/h3,6,9-14,21H,1,4-5,7-8H2,2H3. The van der Waals surface area contributed by atoms with Gasteiger partial charge in [0, 0.05) is 18.0 Å². The SMILES string of the molecule is C=CCc1ncc2cc(C=CCCCC(C)O)ccc2n1. The second-order valence-electron chi connectivity index (χ2n) is 5.28. The lowest BCUT2D eigenvalue weighted by molar-refractivity contribution is 0.182. The van der Waals surface area contributed by atoms with Crippen molar-refractivity contribution in [2.24, 2.45) is 0 Å². The molecule has 0 bridgehead atoms. The Balaban J connectivity index is 2.03. The molecule has 21 heavy (non-hydrogen) atoms. The van der Waals surface area contributed by atoms with E-state index in [-0.39, 0.29) is 6.10 Å². The maximum absolute atomic E-state index is 9.20. The number of unbranched alkanes of at least 4 members (excludes halogenated alkanes) is 1. The van der Waals surface area contributed by atoms with Crippen LogP contribution in [0.2, 0.25) is 0 Å². The van der Waals surface area contributed by atoms with Gasteiger partial charge in [0.2, 0.25) is 0 Å². The minimum atomic E-state index is -0.207. The van der Waals surface area contributed by atoms with Crippen molar-refractivity contribution in [3.8, 4) is 0 Å². The van der Waals surface area contributed by atoms with Crippen LogP contribution in [0.15, 0.2) is 43.1 Å². The number of aliphatic hydroxyl groups is 1. The van der Waals surface area contributed by atoms with Gasteiger partial charge in [-0.15, -0.1) is 6.58 Å². The number of aromatic nitrogens is 2. The van der Waals surface area contributed by atoms with E-state index in [4.69, 9.17) is 0 Å². The smallest absolute Gasteiger partial charge is 0.132 e. The summed E-state index contributed by atoms with van der Waals surface area (Å²) in [5, 5.41) is 10.3. The summed E-state index contributed by atoms with van der Waals surface area (Å²) in [7, 11) is 0. The molecule has 110 valence electrons. The summed E-state index contributed by atoms with van der Waals surface area (Å²) in [4.78, 5) is 8.83. The van der Waals surface area contributed by atoms with Crippen molar-refractivity contribution in [1.29, 1.82) is 0 Å². The van der Waals surface area contributed by atoms with Gasteiger partial charge in [0.05, 0.1) is 11.6 Å². The summed E-state index contributed by atoms with van der Waals surface area (Å²) in [5.74, 6) is 0.805. The van der Waals surface area contributed by atoms with Crippen LogP contribution in [-0.4, -0.2) is 21.2 Å². The van der Waals surface area contributed by atoms with Gasteiger partial charge in [-0.1, -0.05) is 24.3 Å². The first-order valence-electron chi connectivity index (χ1n) is 7.40. The highest BCUT2D eigenvalue weighted by molar-refractivity contribution is 5.80. The maximum Gasteiger partial charge on any atom is 0.132 e. The van der Waals surface area contributed by atoms with Crippen LogP contribution in [0.1, 0.15) is 37.6 Å². The predicted octanol–water partition coefficient (Wildman–Crippen LogP) is 3.92. The van der Waals surface area contributed by atoms with Gasteiger partial charge < -0.3 is 5.11 Å². The maximum atomic E-state index is 9.20. The van der Waals surface area contributed by atoms with E-state index in [1.807, 2.05) is 25.3 Å². The van der Waals surface area contributed by atoms with Crippen LogP contribution in [0, 0.1) is 0 Å². The molecule has 1 atom stereocenters. The second kappa shape index (κ2) is 7.70. The summed E-state index contributed by atoms with van der Waals surface area (Å²) < 4.78 is 0. The highest BCUT2D eigenvalue weighted by atomic mass is 16.3. The third kappa shape index (κ3) is 4.80. The van der Waals surface area contributed by atoms with Gasteiger partial charge >= 0.3 is 0 Å². The number of hydrogen-bond donors (Lipinski definition) is 1. The van der Waals surface area contributed by atoms with E-state index in [0.29, 0.717) is 6.42 Å². The number of benzene rings is 1. The molecule has 2 aromatic rings. The summed E-state index contributed by atoms with van der Waals surface area (Å²) >= 11 is 0. The quantitative estimate of drug-likeness (QED) is 0.618. The molecule has 3 nitrogen and oxygen atoms in total. The van der Waals surface area contributed by atoms with E-state index in [1.165, 1.54) is 0 Å². The highest BCUT2D eigenvalue weighted by Gasteiger charge is 1.99. The number of nitrogens with zero attached hydrogens (tertiary/aromatic N) is 2. The molecule has 0 aliphatic rings. The van der Waals surface area contributed by atoms with E-state index in [2.05, 4.69) is 40.8 Å². The monoisotopic (exact) mass is 282 g/mol. The fourth-order valence-corrected chi connectivity index (χ4v) is 2.17. The van der Waals surface area contributed by atoms with E-state index < -0.39 is 0 Å². The minimum Gasteiger partial charge on any atom is -0.393 e. The average molecular weight is 282 g/mol. The Kier molecular flexibility index (Phi) is 5.64. The molecule has 2 rings (SSSR count). The van der Waals surface area contributed by atoms with E-state index in [1.54, 1.807) is 0 Å². The Bertz CT molecular complexity index is 632. The summed E-state index contributed by atoms with van der Waals surface area (Å²) in [6.07, 6.45) is 11.3. The molecule has 0 aliphatic heterocycles. The molecule has 1 unspecified atom stereocenters. The van der Waals surface area contributed by atoms with Crippen LogP contribution in [0.25, 0.3) is 17.0 Å². The lowest BCUT2D eigenvalue weighted by atomic mass is 10.1. The fraction of sp³-hybridized carbons (Fsp3) is 0.333. The van der Waals surface area contributed by atoms with Crippen LogP contribution < -0.4 is 0 Å². The number of rotatable bonds is 7. The summed E-state index contributed by atoms with van der Waals surface area (Å²) in [6, 6.07) is 6.19. The topological polar surface area (TPSA) is 46.0 Å². The molecule has 1 N–H and O–H groups in total. The Hall–Kier alpha value is -2.00. The van der Waals surface area contributed by atoms with Crippen LogP contribution in [0.5, 0.6) is 0 Å². The molecule has 0 spiro atoms. The molecular weight excluding hydrogens is 260 g/mol. The normalized spacial score (nSPS) is 12.9. The Morgan fingerprint density at radius 2 is 2.24 bits per heavy atom. The third-order valence-corrected chi connectivity index (χ3v) is 3.28. The third-order valence-electron chi connectivity index (χ3n) is 3.28. The van der Waals surface area contributed by atoms with Crippen molar-refractivity contribution in [3.05, 3.63) is 54.5 Å². The van der Waals surface area contributed by atoms with Crippen molar-refractivity contribution >= 4 is 17.0 Å². The number of hydrogen-bond acceptors (Lipinski definition) is 3. The van der Waals surface area contributed by atoms with Crippen LogP contribution >= 0.6 is 0 Å². The Morgan fingerprint density at radius 3 is 3.00 bits per heavy atom. The average Bonchev–Trinajstić information content (AvgIpc) is 2.47. The zero-order valence-corrected chi connectivity index (χ0v) is 12.5. The first kappa shape index (κ1) is 15.4. The molecule has 0 radical (unpaired) electrons. The molecule has 3 heteroatoms. The summed E-state index contributed by atoms with van der Waals surface area (Å²) in [5.41, 5.74) is 2.12. The van der Waals surface area contributed by atoms with Gasteiger partial charge in [-0.3, -0.25) is 0 Å². The Morgan fingerprint density at radius 1 is 1.38 bits per heavy atom. The Labute approximate surface area is 126 Å². The lowest BCUT2D eigenvalue weighted by Gasteiger charge is -2.02. The van der Waals surface area contributed by atoms with Crippen LogP contribution in [0.3, 0.4) is 0 Å².